The molecule has 0 aliphatic rings. The van der Waals surface area contributed by atoms with Crippen LogP contribution in [0.5, 0.6) is 0 Å². The van der Waals surface area contributed by atoms with Gasteiger partial charge in [0.15, 0.2) is 4.47 Å². The van der Waals surface area contributed by atoms with Gasteiger partial charge in [-0.15, -0.1) is 11.3 Å². The molecule has 0 bridgehead atoms. The van der Waals surface area contributed by atoms with Crippen molar-refractivity contribution in [3.05, 3.63) is 39.6 Å². The van der Waals surface area contributed by atoms with Gasteiger partial charge in [0.05, 0.1) is 17.6 Å². The summed E-state index contributed by atoms with van der Waals surface area (Å²) < 4.78 is 2.85. The molecule has 3 aromatic rings. The zero-order valence-corrected chi connectivity index (χ0v) is 13.6. The zero-order chi connectivity index (χ0) is 14.8. The maximum atomic E-state index is 5.84. The van der Waals surface area contributed by atoms with Crippen molar-refractivity contribution in [3.63, 3.8) is 0 Å². The summed E-state index contributed by atoms with van der Waals surface area (Å²) >= 11 is 7.33. The van der Waals surface area contributed by atoms with Gasteiger partial charge in [-0.1, -0.05) is 18.5 Å². The van der Waals surface area contributed by atoms with Crippen molar-refractivity contribution < 1.29 is 0 Å². The first-order valence-corrected chi connectivity index (χ1v) is 8.18. The standard InChI is InChI=1S/C15H17ClN4S/c1-3-6-20-10(2)19-13-7-11(4-5-14(13)20)17-8-12-9-18-15(16)21-12/h4-5,7,9,17H,3,6,8H2,1-2H3. The molecule has 3 rings (SSSR count). The van der Waals surface area contributed by atoms with Crippen LogP contribution < -0.4 is 5.32 Å². The minimum atomic E-state index is 0.580. The van der Waals surface area contributed by atoms with Gasteiger partial charge in [-0.3, -0.25) is 0 Å². The topological polar surface area (TPSA) is 42.7 Å². The second-order valence-corrected chi connectivity index (χ2v) is 6.64. The Morgan fingerprint density at radius 3 is 2.95 bits per heavy atom. The van der Waals surface area contributed by atoms with Crippen LogP contribution in [0.4, 0.5) is 5.69 Å². The Labute approximate surface area is 132 Å². The van der Waals surface area contributed by atoms with Crippen molar-refractivity contribution in [2.24, 2.45) is 0 Å². The van der Waals surface area contributed by atoms with Gasteiger partial charge >= 0.3 is 0 Å². The Bertz CT molecular complexity index is 762. The number of aryl methyl sites for hydroxylation is 2. The minimum Gasteiger partial charge on any atom is -0.380 e. The fourth-order valence-electron chi connectivity index (χ4n) is 2.42. The number of hydrogen-bond acceptors (Lipinski definition) is 4. The predicted octanol–water partition coefficient (Wildman–Crippen LogP) is 4.48. The number of halogens is 1. The number of imidazole rings is 1. The van der Waals surface area contributed by atoms with Gasteiger partial charge in [0.1, 0.15) is 5.82 Å². The van der Waals surface area contributed by atoms with Gasteiger partial charge < -0.3 is 9.88 Å². The molecule has 21 heavy (non-hydrogen) atoms. The summed E-state index contributed by atoms with van der Waals surface area (Å²) in [4.78, 5) is 9.80. The molecular formula is C15H17ClN4S. The second kappa shape index (κ2) is 6.03. The zero-order valence-electron chi connectivity index (χ0n) is 12.1. The van der Waals surface area contributed by atoms with Crippen molar-refractivity contribution in [2.45, 2.75) is 33.4 Å². The Kier molecular flexibility index (Phi) is 4.12. The van der Waals surface area contributed by atoms with Crippen molar-refractivity contribution in [2.75, 3.05) is 5.32 Å². The van der Waals surface area contributed by atoms with E-state index in [1.165, 1.54) is 16.9 Å². The first kappa shape index (κ1) is 14.4. The molecule has 0 saturated carbocycles. The van der Waals surface area contributed by atoms with E-state index in [9.17, 15) is 0 Å². The number of thiazole rings is 1. The third-order valence-corrected chi connectivity index (χ3v) is 4.49. The summed E-state index contributed by atoms with van der Waals surface area (Å²) in [5.74, 6) is 1.07. The number of fused-ring (bicyclic) bond motifs is 1. The number of anilines is 1. The minimum absolute atomic E-state index is 0.580. The molecule has 0 spiro atoms. The molecule has 0 unspecified atom stereocenters. The van der Waals surface area contributed by atoms with E-state index in [2.05, 4.69) is 51.9 Å². The molecule has 0 radical (unpaired) electrons. The van der Waals surface area contributed by atoms with Gasteiger partial charge in [0, 0.05) is 23.3 Å². The Hall–Kier alpha value is -1.59. The van der Waals surface area contributed by atoms with Crippen LogP contribution in [-0.4, -0.2) is 14.5 Å². The molecule has 0 aliphatic carbocycles. The molecule has 6 heteroatoms. The highest BCUT2D eigenvalue weighted by Crippen LogP contribution is 2.23. The predicted molar refractivity (Wildman–Crippen MR) is 89.2 cm³/mol. The average molecular weight is 321 g/mol. The Balaban J connectivity index is 1.81. The van der Waals surface area contributed by atoms with E-state index in [-0.39, 0.29) is 0 Å². The van der Waals surface area contributed by atoms with Crippen LogP contribution in [-0.2, 0) is 13.1 Å². The number of hydrogen-bond donors (Lipinski definition) is 1. The lowest BCUT2D eigenvalue weighted by Gasteiger charge is -2.06. The quantitative estimate of drug-likeness (QED) is 0.754. The van der Waals surface area contributed by atoms with Crippen LogP contribution in [0.3, 0.4) is 0 Å². The molecule has 2 aromatic heterocycles. The van der Waals surface area contributed by atoms with Crippen molar-refractivity contribution >= 4 is 39.7 Å². The SMILES string of the molecule is CCCn1c(C)nc2cc(NCc3cnc(Cl)s3)ccc21. The summed E-state index contributed by atoms with van der Waals surface area (Å²) in [5.41, 5.74) is 3.29. The summed E-state index contributed by atoms with van der Waals surface area (Å²) in [6.07, 6.45) is 2.91. The van der Waals surface area contributed by atoms with E-state index in [0.29, 0.717) is 4.47 Å². The number of nitrogens with one attached hydrogen (secondary N) is 1. The number of aromatic nitrogens is 3. The van der Waals surface area contributed by atoms with Gasteiger partial charge in [-0.2, -0.15) is 0 Å². The van der Waals surface area contributed by atoms with Crippen molar-refractivity contribution in [1.29, 1.82) is 0 Å². The first-order chi connectivity index (χ1) is 10.2. The van der Waals surface area contributed by atoms with E-state index in [1.54, 1.807) is 6.20 Å². The number of rotatable bonds is 5. The lowest BCUT2D eigenvalue weighted by Crippen LogP contribution is -1.99. The molecule has 0 saturated heterocycles. The summed E-state index contributed by atoms with van der Waals surface area (Å²) in [7, 11) is 0. The van der Waals surface area contributed by atoms with Gasteiger partial charge in [-0.05, 0) is 31.5 Å². The second-order valence-electron chi connectivity index (χ2n) is 4.95. The number of nitrogens with zero attached hydrogens (tertiary/aromatic N) is 3. The van der Waals surface area contributed by atoms with Crippen LogP contribution in [0.2, 0.25) is 4.47 Å². The van der Waals surface area contributed by atoms with Crippen molar-refractivity contribution in [1.82, 2.24) is 14.5 Å². The third-order valence-electron chi connectivity index (χ3n) is 3.38. The fraction of sp³-hybridized carbons (Fsp3) is 0.333. The molecule has 1 N–H and O–H groups in total. The van der Waals surface area contributed by atoms with E-state index in [1.807, 2.05) is 0 Å². The molecule has 4 nitrogen and oxygen atoms in total. The third kappa shape index (κ3) is 3.04. The van der Waals surface area contributed by atoms with E-state index in [0.717, 1.165) is 41.4 Å². The Morgan fingerprint density at radius 2 is 2.24 bits per heavy atom. The molecule has 0 aliphatic heterocycles. The summed E-state index contributed by atoms with van der Waals surface area (Å²) in [6.45, 7) is 5.97. The first-order valence-electron chi connectivity index (χ1n) is 6.98. The summed E-state index contributed by atoms with van der Waals surface area (Å²) in [5, 5.41) is 3.39. The monoisotopic (exact) mass is 320 g/mol. The average Bonchev–Trinajstić information content (AvgIpc) is 3.01. The lowest BCUT2D eigenvalue weighted by atomic mass is 10.2. The van der Waals surface area contributed by atoms with Crippen LogP contribution in [0, 0.1) is 6.92 Å². The molecule has 1 aromatic carbocycles. The van der Waals surface area contributed by atoms with Gasteiger partial charge in [0.25, 0.3) is 0 Å². The smallest absolute Gasteiger partial charge is 0.183 e. The summed E-state index contributed by atoms with van der Waals surface area (Å²) in [6, 6.07) is 6.32. The van der Waals surface area contributed by atoms with E-state index < -0.39 is 0 Å². The molecule has 0 amide bonds. The van der Waals surface area contributed by atoms with E-state index >= 15 is 0 Å². The highest BCUT2D eigenvalue weighted by Gasteiger charge is 2.07. The van der Waals surface area contributed by atoms with Crippen molar-refractivity contribution in [3.8, 4) is 0 Å². The molecule has 0 atom stereocenters. The van der Waals surface area contributed by atoms with Crippen LogP contribution in [0.15, 0.2) is 24.4 Å². The van der Waals surface area contributed by atoms with Gasteiger partial charge in [0.2, 0.25) is 0 Å². The highest BCUT2D eigenvalue weighted by atomic mass is 35.5. The Morgan fingerprint density at radius 1 is 1.38 bits per heavy atom. The molecule has 0 fully saturated rings. The van der Waals surface area contributed by atoms with Crippen LogP contribution >= 0.6 is 22.9 Å². The fourth-order valence-corrected chi connectivity index (χ4v) is 3.34. The molecule has 110 valence electrons. The van der Waals surface area contributed by atoms with Crippen LogP contribution in [0.1, 0.15) is 24.0 Å². The van der Waals surface area contributed by atoms with E-state index in [4.69, 9.17) is 11.6 Å². The highest BCUT2D eigenvalue weighted by molar-refractivity contribution is 7.15. The van der Waals surface area contributed by atoms with Crippen LogP contribution in [0.25, 0.3) is 11.0 Å². The normalized spacial score (nSPS) is 11.2. The molecular weight excluding hydrogens is 304 g/mol. The lowest BCUT2D eigenvalue weighted by molar-refractivity contribution is 0.676. The van der Waals surface area contributed by atoms with Gasteiger partial charge in [-0.25, -0.2) is 9.97 Å². The number of benzene rings is 1. The maximum Gasteiger partial charge on any atom is 0.183 e. The molecule has 2 heterocycles. The maximum absolute atomic E-state index is 5.84. The largest absolute Gasteiger partial charge is 0.380 e.